The molecule has 0 aromatic heterocycles. The summed E-state index contributed by atoms with van der Waals surface area (Å²) in [6.45, 7) is 1.57. The number of hydrogen-bond acceptors (Lipinski definition) is 5. The number of hydrogen-bond donors (Lipinski definition) is 1. The number of carbonyl (C=O) groups is 2. The van der Waals surface area contributed by atoms with Crippen LogP contribution in [0.1, 0.15) is 27.6 Å². The maximum absolute atomic E-state index is 12.3. The van der Waals surface area contributed by atoms with Crippen LogP contribution in [0.25, 0.3) is 0 Å². The van der Waals surface area contributed by atoms with E-state index in [0.717, 1.165) is 0 Å². The van der Waals surface area contributed by atoms with Gasteiger partial charge in [-0.15, -0.1) is 0 Å². The Labute approximate surface area is 152 Å². The Morgan fingerprint density at radius 2 is 1.73 bits per heavy atom. The third-order valence-corrected chi connectivity index (χ3v) is 5.59. The van der Waals surface area contributed by atoms with E-state index in [9.17, 15) is 18.0 Å². The highest BCUT2D eigenvalue weighted by Crippen LogP contribution is 2.18. The molecule has 0 spiro atoms. The number of nitrogens with one attached hydrogen (secondary N) is 1. The summed E-state index contributed by atoms with van der Waals surface area (Å²) >= 11 is 0. The summed E-state index contributed by atoms with van der Waals surface area (Å²) in [6.07, 6.45) is 0. The maximum atomic E-state index is 12.3. The second kappa shape index (κ2) is 8.01. The SMILES string of the molecule is CCS(=O)(=O)N(C)c1ccc(C(=O)Nc2cccc(C(=O)OC)c2)cc1. The smallest absolute Gasteiger partial charge is 0.337 e. The van der Waals surface area contributed by atoms with Crippen LogP contribution in [0.15, 0.2) is 48.5 Å². The van der Waals surface area contributed by atoms with Crippen LogP contribution in [0.2, 0.25) is 0 Å². The largest absolute Gasteiger partial charge is 0.465 e. The zero-order valence-corrected chi connectivity index (χ0v) is 15.5. The van der Waals surface area contributed by atoms with Gasteiger partial charge < -0.3 is 10.1 Å². The number of anilines is 2. The fourth-order valence-electron chi connectivity index (χ4n) is 2.22. The van der Waals surface area contributed by atoms with Crippen molar-refractivity contribution in [3.63, 3.8) is 0 Å². The van der Waals surface area contributed by atoms with Gasteiger partial charge >= 0.3 is 5.97 Å². The minimum atomic E-state index is -3.36. The minimum Gasteiger partial charge on any atom is -0.465 e. The lowest BCUT2D eigenvalue weighted by atomic mass is 10.1. The second-order valence-electron chi connectivity index (χ2n) is 5.44. The Morgan fingerprint density at radius 3 is 2.31 bits per heavy atom. The van der Waals surface area contributed by atoms with Crippen LogP contribution in [-0.4, -0.2) is 40.2 Å². The maximum Gasteiger partial charge on any atom is 0.337 e. The van der Waals surface area contributed by atoms with Crippen molar-refractivity contribution in [2.75, 3.05) is 29.5 Å². The highest BCUT2D eigenvalue weighted by atomic mass is 32.2. The fraction of sp³-hybridized carbons (Fsp3) is 0.222. The predicted molar refractivity (Wildman–Crippen MR) is 100 cm³/mol. The van der Waals surface area contributed by atoms with Crippen LogP contribution in [0, 0.1) is 0 Å². The number of sulfonamides is 1. The van der Waals surface area contributed by atoms with Gasteiger partial charge in [0.25, 0.3) is 5.91 Å². The zero-order valence-electron chi connectivity index (χ0n) is 14.7. The molecule has 2 aromatic carbocycles. The molecular weight excluding hydrogens is 356 g/mol. The second-order valence-corrected chi connectivity index (χ2v) is 7.73. The Bertz CT molecular complexity index is 907. The van der Waals surface area contributed by atoms with Crippen LogP contribution < -0.4 is 9.62 Å². The number of methoxy groups -OCH3 is 1. The van der Waals surface area contributed by atoms with E-state index in [1.807, 2.05) is 0 Å². The van der Waals surface area contributed by atoms with Gasteiger partial charge in [0.2, 0.25) is 10.0 Å². The molecule has 0 aliphatic carbocycles. The average Bonchev–Trinajstić information content (AvgIpc) is 2.67. The molecule has 0 aliphatic heterocycles. The molecule has 2 rings (SSSR count). The van der Waals surface area contributed by atoms with E-state index in [4.69, 9.17) is 0 Å². The van der Waals surface area contributed by atoms with Gasteiger partial charge in [-0.1, -0.05) is 6.07 Å². The van der Waals surface area contributed by atoms with Crippen LogP contribution in [0.3, 0.4) is 0 Å². The molecule has 0 unspecified atom stereocenters. The van der Waals surface area contributed by atoms with Gasteiger partial charge in [-0.05, 0) is 49.4 Å². The first-order valence-electron chi connectivity index (χ1n) is 7.85. The first-order chi connectivity index (χ1) is 12.3. The van der Waals surface area contributed by atoms with Crippen molar-refractivity contribution in [2.45, 2.75) is 6.92 Å². The van der Waals surface area contributed by atoms with E-state index < -0.39 is 16.0 Å². The highest BCUT2D eigenvalue weighted by Gasteiger charge is 2.16. The minimum absolute atomic E-state index is 0.0116. The summed E-state index contributed by atoms with van der Waals surface area (Å²) < 4.78 is 29.6. The molecule has 138 valence electrons. The molecule has 0 saturated heterocycles. The van der Waals surface area contributed by atoms with Gasteiger partial charge in [0.1, 0.15) is 0 Å². The number of carbonyl (C=O) groups excluding carboxylic acids is 2. The quantitative estimate of drug-likeness (QED) is 0.782. The van der Waals surface area contributed by atoms with Gasteiger partial charge in [-0.2, -0.15) is 0 Å². The lowest BCUT2D eigenvalue weighted by Gasteiger charge is -2.18. The molecule has 0 saturated carbocycles. The van der Waals surface area contributed by atoms with E-state index >= 15 is 0 Å². The number of benzene rings is 2. The third-order valence-electron chi connectivity index (χ3n) is 3.82. The normalized spacial score (nSPS) is 10.9. The van der Waals surface area contributed by atoms with Gasteiger partial charge in [0.05, 0.1) is 24.1 Å². The molecule has 0 fully saturated rings. The number of ether oxygens (including phenoxy) is 1. The van der Waals surface area contributed by atoms with Crippen molar-refractivity contribution in [1.29, 1.82) is 0 Å². The van der Waals surface area contributed by atoms with E-state index in [1.54, 1.807) is 37.3 Å². The number of nitrogens with zero attached hydrogens (tertiary/aromatic N) is 1. The summed E-state index contributed by atoms with van der Waals surface area (Å²) in [5.74, 6) is -0.882. The van der Waals surface area contributed by atoms with Crippen molar-refractivity contribution in [3.05, 3.63) is 59.7 Å². The fourth-order valence-corrected chi connectivity index (χ4v) is 3.05. The number of rotatable bonds is 6. The number of esters is 1. The molecule has 8 heteroatoms. The molecule has 1 N–H and O–H groups in total. The highest BCUT2D eigenvalue weighted by molar-refractivity contribution is 7.92. The molecule has 2 aromatic rings. The van der Waals surface area contributed by atoms with Crippen LogP contribution >= 0.6 is 0 Å². The van der Waals surface area contributed by atoms with Crippen LogP contribution in [0.5, 0.6) is 0 Å². The molecule has 0 radical (unpaired) electrons. The standard InChI is InChI=1S/C18H20N2O5S/c1-4-26(23,24)20(2)16-10-8-13(9-11-16)17(21)19-15-7-5-6-14(12-15)18(22)25-3/h5-12H,4H2,1-3H3,(H,19,21). The predicted octanol–water partition coefficient (Wildman–Crippen LogP) is 2.51. The van der Waals surface area contributed by atoms with Crippen molar-refractivity contribution in [1.82, 2.24) is 0 Å². The Kier molecular flexibility index (Phi) is 5.99. The Balaban J connectivity index is 2.15. The van der Waals surface area contributed by atoms with Gasteiger partial charge in [0.15, 0.2) is 0 Å². The molecular formula is C18H20N2O5S. The van der Waals surface area contributed by atoms with E-state index in [2.05, 4.69) is 10.1 Å². The lowest BCUT2D eigenvalue weighted by Crippen LogP contribution is -2.28. The summed E-state index contributed by atoms with van der Waals surface area (Å²) in [4.78, 5) is 23.9. The summed E-state index contributed by atoms with van der Waals surface area (Å²) in [7, 11) is -0.612. The molecule has 7 nitrogen and oxygen atoms in total. The van der Waals surface area contributed by atoms with Crippen LogP contribution in [0.4, 0.5) is 11.4 Å². The topological polar surface area (TPSA) is 92.8 Å². The van der Waals surface area contributed by atoms with E-state index in [0.29, 0.717) is 22.5 Å². The summed E-state index contributed by atoms with van der Waals surface area (Å²) in [5, 5.41) is 2.69. The van der Waals surface area contributed by atoms with Crippen molar-refractivity contribution < 1.29 is 22.7 Å². The lowest BCUT2D eigenvalue weighted by molar-refractivity contribution is 0.0600. The molecule has 26 heavy (non-hydrogen) atoms. The molecule has 0 aliphatic rings. The molecule has 1 amide bonds. The first kappa shape index (κ1) is 19.5. The van der Waals surface area contributed by atoms with Crippen molar-refractivity contribution >= 4 is 33.3 Å². The van der Waals surface area contributed by atoms with E-state index in [-0.39, 0.29) is 11.7 Å². The monoisotopic (exact) mass is 376 g/mol. The molecule has 0 heterocycles. The molecule has 0 bridgehead atoms. The van der Waals surface area contributed by atoms with Gasteiger partial charge in [-0.25, -0.2) is 13.2 Å². The van der Waals surface area contributed by atoms with Gasteiger partial charge in [0, 0.05) is 18.3 Å². The van der Waals surface area contributed by atoms with Crippen molar-refractivity contribution in [3.8, 4) is 0 Å². The van der Waals surface area contributed by atoms with E-state index in [1.165, 1.54) is 36.7 Å². The zero-order chi connectivity index (χ0) is 19.3. The Hall–Kier alpha value is -2.87. The van der Waals surface area contributed by atoms with Crippen molar-refractivity contribution in [2.24, 2.45) is 0 Å². The summed E-state index contributed by atoms with van der Waals surface area (Å²) in [6, 6.07) is 12.6. The number of amides is 1. The van der Waals surface area contributed by atoms with Crippen LogP contribution in [-0.2, 0) is 14.8 Å². The van der Waals surface area contributed by atoms with Gasteiger partial charge in [-0.3, -0.25) is 9.10 Å². The Morgan fingerprint density at radius 1 is 1.08 bits per heavy atom. The molecule has 0 atom stereocenters. The average molecular weight is 376 g/mol. The third kappa shape index (κ3) is 4.40. The first-order valence-corrected chi connectivity index (χ1v) is 9.46. The summed E-state index contributed by atoms with van der Waals surface area (Å²) in [5.41, 5.74) is 1.61.